The summed E-state index contributed by atoms with van der Waals surface area (Å²) >= 11 is 3.57. The average molecular weight is 518 g/mol. The zero-order chi connectivity index (χ0) is 23.9. The van der Waals surface area contributed by atoms with Crippen LogP contribution in [0.1, 0.15) is 65.3 Å². The highest BCUT2D eigenvalue weighted by atomic mass is 79.9. The van der Waals surface area contributed by atoms with Gasteiger partial charge in [-0.25, -0.2) is 0 Å². The van der Waals surface area contributed by atoms with E-state index in [1.807, 2.05) is 40.8 Å². The van der Waals surface area contributed by atoms with Crippen LogP contribution in [-0.4, -0.2) is 29.8 Å². The molecule has 1 saturated carbocycles. The second kappa shape index (κ2) is 9.14. The summed E-state index contributed by atoms with van der Waals surface area (Å²) in [7, 11) is 2.01. The molecule has 1 aromatic carbocycles. The molecule has 178 valence electrons. The molecular formula is C25H32BrN3O4. The van der Waals surface area contributed by atoms with E-state index in [2.05, 4.69) is 31.5 Å². The summed E-state index contributed by atoms with van der Waals surface area (Å²) < 4.78 is 13.5. The molecule has 33 heavy (non-hydrogen) atoms. The normalized spacial score (nSPS) is 24.1. The van der Waals surface area contributed by atoms with Gasteiger partial charge in [0.2, 0.25) is 0 Å². The van der Waals surface area contributed by atoms with Crippen molar-refractivity contribution in [2.24, 2.45) is 5.92 Å². The first-order valence-electron chi connectivity index (χ1n) is 11.5. The largest absolute Gasteiger partial charge is 0.448 e. The topological polar surface area (TPSA) is 92.5 Å². The molecule has 2 aromatic rings. The van der Waals surface area contributed by atoms with Crippen LogP contribution in [0.15, 0.2) is 21.4 Å². The molecule has 1 aliphatic carbocycles. The zero-order valence-corrected chi connectivity index (χ0v) is 21.4. The van der Waals surface area contributed by atoms with Crippen LogP contribution in [0.2, 0.25) is 0 Å². The minimum atomic E-state index is -0.754. The molecule has 1 fully saturated rings. The second-order valence-electron chi connectivity index (χ2n) is 9.37. The number of aromatic nitrogens is 1. The molecule has 2 aliphatic rings. The Bertz CT molecular complexity index is 1140. The summed E-state index contributed by atoms with van der Waals surface area (Å²) in [5.41, 5.74) is 3.24. The van der Waals surface area contributed by atoms with Gasteiger partial charge in [-0.05, 0) is 87.1 Å². The molecule has 0 radical (unpaired) electrons. The van der Waals surface area contributed by atoms with Crippen LogP contribution < -0.4 is 25.7 Å². The number of hydrogen-bond donors (Lipinski definition) is 3. The number of pyridine rings is 1. The Hall–Kier alpha value is -2.32. The molecule has 0 bridgehead atoms. The number of rotatable bonds is 5. The molecule has 3 N–H and O–H groups in total. The average Bonchev–Trinajstić information content (AvgIpc) is 3.15. The van der Waals surface area contributed by atoms with Crippen LogP contribution >= 0.6 is 15.9 Å². The summed E-state index contributed by atoms with van der Waals surface area (Å²) in [5, 5.41) is 6.25. The molecule has 1 aliphatic heterocycles. The summed E-state index contributed by atoms with van der Waals surface area (Å²) in [4.78, 5) is 28.1. The Labute approximate surface area is 202 Å². The SMILES string of the molecule is CN[C@H]1CC[C@H]([C@@]2(C)Oc3c(Br)cc(C(=O)NCc4c(C)cc(C)[nH]c4=O)c(C)c3O2)CC1. The molecule has 0 spiro atoms. The van der Waals surface area contributed by atoms with E-state index < -0.39 is 5.79 Å². The van der Waals surface area contributed by atoms with Crippen LogP contribution in [0.25, 0.3) is 0 Å². The van der Waals surface area contributed by atoms with Crippen molar-refractivity contribution in [3.05, 3.63) is 54.9 Å². The number of amides is 1. The van der Waals surface area contributed by atoms with Crippen LogP contribution in [0.4, 0.5) is 0 Å². The molecule has 1 aromatic heterocycles. The number of H-pyrrole nitrogens is 1. The third-order valence-electron chi connectivity index (χ3n) is 7.09. The first-order chi connectivity index (χ1) is 15.6. The fourth-order valence-electron chi connectivity index (χ4n) is 5.02. The van der Waals surface area contributed by atoms with Crippen molar-refractivity contribution in [3.8, 4) is 11.5 Å². The first kappa shape index (κ1) is 23.8. The van der Waals surface area contributed by atoms with Gasteiger partial charge in [0.25, 0.3) is 17.3 Å². The van der Waals surface area contributed by atoms with Crippen molar-refractivity contribution in [1.29, 1.82) is 0 Å². The van der Waals surface area contributed by atoms with Crippen LogP contribution in [-0.2, 0) is 6.54 Å². The molecule has 4 rings (SSSR count). The highest BCUT2D eigenvalue weighted by Crippen LogP contribution is 2.51. The van der Waals surface area contributed by atoms with Gasteiger partial charge in [-0.1, -0.05) is 0 Å². The summed E-state index contributed by atoms with van der Waals surface area (Å²) in [6.45, 7) is 7.73. The van der Waals surface area contributed by atoms with Crippen LogP contribution in [0.5, 0.6) is 11.5 Å². The van der Waals surface area contributed by atoms with Crippen LogP contribution in [0, 0.1) is 26.7 Å². The van der Waals surface area contributed by atoms with Gasteiger partial charge in [0.1, 0.15) is 0 Å². The number of hydrogen-bond acceptors (Lipinski definition) is 5. The molecule has 1 atom stereocenters. The number of fused-ring (bicyclic) bond motifs is 1. The standard InChI is InChI=1S/C25H32BrN3O4/c1-13-10-14(2)29-24(31)19(13)12-28-23(30)18-11-20(26)22-21(15(18)3)32-25(4,33-22)16-6-8-17(27-5)9-7-16/h10-11,16-17,27H,6-9,12H2,1-5H3,(H,28,30)(H,29,31)/t16-,17-,25-/m1/s1. The molecule has 2 heterocycles. The number of halogens is 1. The summed E-state index contributed by atoms with van der Waals surface area (Å²) in [6, 6.07) is 4.21. The molecule has 0 saturated heterocycles. The van der Waals surface area contributed by atoms with E-state index in [9.17, 15) is 9.59 Å². The molecule has 1 amide bonds. The van der Waals surface area contributed by atoms with Crippen molar-refractivity contribution in [2.45, 2.75) is 71.8 Å². The molecular weight excluding hydrogens is 486 g/mol. The highest BCUT2D eigenvalue weighted by Gasteiger charge is 2.47. The molecule has 7 nitrogen and oxygen atoms in total. The fourth-order valence-corrected chi connectivity index (χ4v) is 5.51. The lowest BCUT2D eigenvalue weighted by Crippen LogP contribution is -2.46. The first-order valence-corrected chi connectivity index (χ1v) is 12.3. The molecule has 8 heteroatoms. The van der Waals surface area contributed by atoms with Gasteiger partial charge >= 0.3 is 0 Å². The third kappa shape index (κ3) is 4.55. The second-order valence-corrected chi connectivity index (χ2v) is 10.2. The Morgan fingerprint density at radius 2 is 1.82 bits per heavy atom. The Morgan fingerprint density at radius 3 is 2.45 bits per heavy atom. The number of ether oxygens (including phenoxy) is 2. The molecule has 0 unspecified atom stereocenters. The van der Waals surface area contributed by atoms with E-state index in [1.165, 1.54) is 0 Å². The van der Waals surface area contributed by atoms with Gasteiger partial charge in [0, 0.05) is 47.8 Å². The van der Waals surface area contributed by atoms with Gasteiger partial charge in [-0.2, -0.15) is 0 Å². The third-order valence-corrected chi connectivity index (χ3v) is 7.68. The Balaban J connectivity index is 1.53. The van der Waals surface area contributed by atoms with E-state index in [1.54, 1.807) is 6.07 Å². The number of benzene rings is 1. The summed E-state index contributed by atoms with van der Waals surface area (Å²) in [6.07, 6.45) is 4.21. The number of aryl methyl sites for hydroxylation is 2. The van der Waals surface area contributed by atoms with Gasteiger partial charge < -0.3 is 25.1 Å². The van der Waals surface area contributed by atoms with Crippen molar-refractivity contribution >= 4 is 21.8 Å². The quantitative estimate of drug-likeness (QED) is 0.550. The predicted molar refractivity (Wildman–Crippen MR) is 131 cm³/mol. The van der Waals surface area contributed by atoms with Gasteiger partial charge in [-0.15, -0.1) is 0 Å². The van der Waals surface area contributed by atoms with E-state index in [4.69, 9.17) is 9.47 Å². The predicted octanol–water partition coefficient (Wildman–Crippen LogP) is 4.26. The van der Waals surface area contributed by atoms with Crippen LogP contribution in [0.3, 0.4) is 0 Å². The van der Waals surface area contributed by atoms with Gasteiger partial charge in [-0.3, -0.25) is 9.59 Å². The lowest BCUT2D eigenvalue weighted by molar-refractivity contribution is -0.121. The van der Waals surface area contributed by atoms with Gasteiger partial charge in [0.05, 0.1) is 4.47 Å². The number of nitrogens with one attached hydrogen (secondary N) is 3. The number of carbonyl (C=O) groups is 1. The lowest BCUT2D eigenvalue weighted by Gasteiger charge is -2.37. The van der Waals surface area contributed by atoms with E-state index in [-0.39, 0.29) is 23.9 Å². The minimum absolute atomic E-state index is 0.151. The highest BCUT2D eigenvalue weighted by molar-refractivity contribution is 9.10. The van der Waals surface area contributed by atoms with E-state index in [0.29, 0.717) is 33.1 Å². The maximum Gasteiger partial charge on any atom is 0.253 e. The number of aromatic amines is 1. The maximum absolute atomic E-state index is 13.1. The van der Waals surface area contributed by atoms with Crippen molar-refractivity contribution < 1.29 is 14.3 Å². The van der Waals surface area contributed by atoms with Crippen molar-refractivity contribution in [3.63, 3.8) is 0 Å². The Morgan fingerprint density at radius 1 is 1.15 bits per heavy atom. The summed E-state index contributed by atoms with van der Waals surface area (Å²) in [5.74, 6) is 0.511. The van der Waals surface area contributed by atoms with E-state index >= 15 is 0 Å². The van der Waals surface area contributed by atoms with Crippen molar-refractivity contribution in [2.75, 3.05) is 7.05 Å². The fraction of sp³-hybridized carbons (Fsp3) is 0.520. The minimum Gasteiger partial charge on any atom is -0.448 e. The Kier molecular flexibility index (Phi) is 6.60. The van der Waals surface area contributed by atoms with Gasteiger partial charge in [0.15, 0.2) is 11.5 Å². The number of carbonyl (C=O) groups excluding carboxylic acids is 1. The zero-order valence-electron chi connectivity index (χ0n) is 19.9. The maximum atomic E-state index is 13.1. The smallest absolute Gasteiger partial charge is 0.253 e. The van der Waals surface area contributed by atoms with Crippen molar-refractivity contribution in [1.82, 2.24) is 15.6 Å². The lowest BCUT2D eigenvalue weighted by atomic mass is 9.81. The monoisotopic (exact) mass is 517 g/mol. The van der Waals surface area contributed by atoms with E-state index in [0.717, 1.165) is 42.5 Å².